The molecule has 2 aromatic carbocycles. The summed E-state index contributed by atoms with van der Waals surface area (Å²) in [7, 11) is 0. The molecule has 0 aliphatic heterocycles. The average Bonchev–Trinajstić information content (AvgIpc) is 2.48. The van der Waals surface area contributed by atoms with Crippen molar-refractivity contribution >= 4 is 23.7 Å². The Balaban J connectivity index is 0.000000240. The molecule has 108 valence electrons. The van der Waals surface area contributed by atoms with E-state index in [9.17, 15) is 9.59 Å². The smallest absolute Gasteiger partial charge is 0.328 e. The Kier molecular flexibility index (Phi) is 7.39. The molecule has 0 aromatic heterocycles. The van der Waals surface area contributed by atoms with Crippen LogP contribution in [-0.4, -0.2) is 22.2 Å². The first kappa shape index (κ1) is 16.5. The number of carboxylic acid groups (broad SMARTS) is 2. The Morgan fingerprint density at radius 1 is 0.714 bits per heavy atom. The molecule has 0 aliphatic carbocycles. The standard InChI is InChI=1S/C12H10S.C4H4O4/c1-3-7-11(8-4-1)13-12-9-5-2-6-10-12;5-3(6)1-2-4(7)8/h1-10H;1-2H,(H,5,6)(H,7,8)/b;2-1-. The molecule has 5 heteroatoms. The van der Waals surface area contributed by atoms with Crippen LogP contribution in [0.25, 0.3) is 0 Å². The van der Waals surface area contributed by atoms with Crippen LogP contribution in [0.15, 0.2) is 82.6 Å². The summed E-state index contributed by atoms with van der Waals surface area (Å²) in [6.45, 7) is 0. The first-order chi connectivity index (χ1) is 10.1. The predicted molar refractivity (Wildman–Crippen MR) is 81.4 cm³/mol. The zero-order valence-electron chi connectivity index (χ0n) is 11.0. The van der Waals surface area contributed by atoms with Crippen LogP contribution in [0.1, 0.15) is 0 Å². The van der Waals surface area contributed by atoms with Crippen molar-refractivity contribution in [3.63, 3.8) is 0 Å². The minimum Gasteiger partial charge on any atom is -0.478 e. The van der Waals surface area contributed by atoms with E-state index in [1.807, 2.05) is 12.1 Å². The first-order valence-corrected chi connectivity index (χ1v) is 6.81. The van der Waals surface area contributed by atoms with Crippen LogP contribution < -0.4 is 0 Å². The molecule has 0 spiro atoms. The van der Waals surface area contributed by atoms with Crippen molar-refractivity contribution in [1.82, 2.24) is 0 Å². The van der Waals surface area contributed by atoms with Crippen molar-refractivity contribution < 1.29 is 19.8 Å². The van der Waals surface area contributed by atoms with Crippen LogP contribution in [-0.2, 0) is 9.59 Å². The van der Waals surface area contributed by atoms with Gasteiger partial charge in [0.25, 0.3) is 0 Å². The van der Waals surface area contributed by atoms with Crippen molar-refractivity contribution in [2.45, 2.75) is 9.79 Å². The number of benzene rings is 2. The zero-order valence-corrected chi connectivity index (χ0v) is 11.9. The van der Waals surface area contributed by atoms with Gasteiger partial charge in [-0.1, -0.05) is 48.2 Å². The number of hydrogen-bond donors (Lipinski definition) is 2. The van der Waals surface area contributed by atoms with E-state index in [1.165, 1.54) is 9.79 Å². The lowest BCUT2D eigenvalue weighted by Crippen LogP contribution is -1.91. The summed E-state index contributed by atoms with van der Waals surface area (Å²) < 4.78 is 0. The minimum absolute atomic E-state index is 0.558. The summed E-state index contributed by atoms with van der Waals surface area (Å²) in [6.07, 6.45) is 1.12. The maximum absolute atomic E-state index is 9.55. The Morgan fingerprint density at radius 3 is 1.33 bits per heavy atom. The van der Waals surface area contributed by atoms with E-state index in [1.54, 1.807) is 11.8 Å². The van der Waals surface area contributed by atoms with Gasteiger partial charge in [0.2, 0.25) is 0 Å². The van der Waals surface area contributed by atoms with E-state index >= 15 is 0 Å². The van der Waals surface area contributed by atoms with Crippen LogP contribution in [0.2, 0.25) is 0 Å². The van der Waals surface area contributed by atoms with Gasteiger partial charge in [-0.15, -0.1) is 0 Å². The SMILES string of the molecule is O=C(O)/C=C\C(=O)O.c1ccc(Sc2ccccc2)cc1. The van der Waals surface area contributed by atoms with Gasteiger partial charge in [-0.25, -0.2) is 9.59 Å². The molecular formula is C16H14O4S. The van der Waals surface area contributed by atoms with Crippen LogP contribution in [0.4, 0.5) is 0 Å². The third kappa shape index (κ3) is 8.28. The van der Waals surface area contributed by atoms with Crippen molar-refractivity contribution in [2.75, 3.05) is 0 Å². The van der Waals surface area contributed by atoms with Gasteiger partial charge in [-0.3, -0.25) is 0 Å². The number of hydrogen-bond acceptors (Lipinski definition) is 3. The van der Waals surface area contributed by atoms with Gasteiger partial charge in [-0.2, -0.15) is 0 Å². The van der Waals surface area contributed by atoms with Gasteiger partial charge in [0.1, 0.15) is 0 Å². The third-order valence-electron chi connectivity index (χ3n) is 2.09. The first-order valence-electron chi connectivity index (χ1n) is 6.00. The summed E-state index contributed by atoms with van der Waals surface area (Å²) in [5, 5.41) is 15.6. The topological polar surface area (TPSA) is 74.6 Å². The third-order valence-corrected chi connectivity index (χ3v) is 3.11. The molecule has 21 heavy (non-hydrogen) atoms. The number of aliphatic carboxylic acids is 2. The number of carboxylic acids is 2. The Morgan fingerprint density at radius 2 is 1.05 bits per heavy atom. The number of carbonyl (C=O) groups is 2. The highest BCUT2D eigenvalue weighted by atomic mass is 32.2. The van der Waals surface area contributed by atoms with Crippen LogP contribution in [0, 0.1) is 0 Å². The van der Waals surface area contributed by atoms with Crippen molar-refractivity contribution in [3.05, 3.63) is 72.8 Å². The lowest BCUT2D eigenvalue weighted by molar-refractivity contribution is -0.134. The van der Waals surface area contributed by atoms with Gasteiger partial charge in [-0.05, 0) is 24.3 Å². The second kappa shape index (κ2) is 9.39. The molecule has 4 nitrogen and oxygen atoms in total. The fourth-order valence-electron chi connectivity index (χ4n) is 1.26. The molecule has 2 aromatic rings. The van der Waals surface area contributed by atoms with Gasteiger partial charge >= 0.3 is 11.9 Å². The van der Waals surface area contributed by atoms with E-state index in [2.05, 4.69) is 48.5 Å². The average molecular weight is 302 g/mol. The number of rotatable bonds is 4. The molecule has 2 rings (SSSR count). The second-order valence-electron chi connectivity index (χ2n) is 3.74. The maximum atomic E-state index is 9.55. The van der Waals surface area contributed by atoms with Crippen molar-refractivity contribution in [3.8, 4) is 0 Å². The molecule has 0 saturated carbocycles. The van der Waals surface area contributed by atoms with Crippen molar-refractivity contribution in [1.29, 1.82) is 0 Å². The fourth-order valence-corrected chi connectivity index (χ4v) is 2.11. The Bertz CT molecular complexity index is 541. The van der Waals surface area contributed by atoms with E-state index in [0.29, 0.717) is 12.2 Å². The molecule has 0 heterocycles. The zero-order chi connectivity index (χ0) is 15.5. The van der Waals surface area contributed by atoms with Gasteiger partial charge in [0.05, 0.1) is 0 Å². The lowest BCUT2D eigenvalue weighted by atomic mass is 10.4. The molecule has 0 aliphatic rings. The Labute approximate surface area is 126 Å². The summed E-state index contributed by atoms with van der Waals surface area (Å²) >= 11 is 1.79. The highest BCUT2D eigenvalue weighted by molar-refractivity contribution is 7.99. The molecule has 0 radical (unpaired) electrons. The fraction of sp³-hybridized carbons (Fsp3) is 0. The van der Waals surface area contributed by atoms with E-state index in [0.717, 1.165) is 0 Å². The summed E-state index contributed by atoms with van der Waals surface area (Å²) in [5.74, 6) is -2.51. The monoisotopic (exact) mass is 302 g/mol. The quantitative estimate of drug-likeness (QED) is 0.845. The van der Waals surface area contributed by atoms with E-state index in [4.69, 9.17) is 10.2 Å². The van der Waals surface area contributed by atoms with Gasteiger partial charge in [0.15, 0.2) is 0 Å². The van der Waals surface area contributed by atoms with E-state index < -0.39 is 11.9 Å². The van der Waals surface area contributed by atoms with Crippen molar-refractivity contribution in [2.24, 2.45) is 0 Å². The highest BCUT2D eigenvalue weighted by Crippen LogP contribution is 2.26. The maximum Gasteiger partial charge on any atom is 0.328 e. The minimum atomic E-state index is -1.26. The lowest BCUT2D eigenvalue weighted by Gasteiger charge is -1.99. The molecule has 0 atom stereocenters. The summed E-state index contributed by atoms with van der Waals surface area (Å²) in [6, 6.07) is 20.8. The van der Waals surface area contributed by atoms with Crippen LogP contribution in [0.5, 0.6) is 0 Å². The largest absolute Gasteiger partial charge is 0.478 e. The van der Waals surface area contributed by atoms with Gasteiger partial charge < -0.3 is 10.2 Å². The molecule has 0 unspecified atom stereocenters. The predicted octanol–water partition coefficient (Wildman–Crippen LogP) is 3.55. The van der Waals surface area contributed by atoms with Crippen LogP contribution >= 0.6 is 11.8 Å². The molecule has 0 saturated heterocycles. The molecule has 0 fully saturated rings. The molecular weight excluding hydrogens is 288 g/mol. The molecule has 0 bridgehead atoms. The van der Waals surface area contributed by atoms with Crippen LogP contribution in [0.3, 0.4) is 0 Å². The Hall–Kier alpha value is -2.53. The molecule has 2 N–H and O–H groups in total. The highest BCUT2D eigenvalue weighted by Gasteiger charge is 1.93. The molecule has 0 amide bonds. The van der Waals surface area contributed by atoms with Gasteiger partial charge in [0, 0.05) is 21.9 Å². The summed E-state index contributed by atoms with van der Waals surface area (Å²) in [4.78, 5) is 21.7. The second-order valence-corrected chi connectivity index (χ2v) is 4.88. The van der Waals surface area contributed by atoms with E-state index in [-0.39, 0.29) is 0 Å². The summed E-state index contributed by atoms with van der Waals surface area (Å²) in [5.41, 5.74) is 0. The normalized spacial score (nSPS) is 9.71.